The number of methoxy groups -OCH3 is 1. The van der Waals surface area contributed by atoms with Gasteiger partial charge in [-0.2, -0.15) is 13.2 Å². The molecule has 17 heavy (non-hydrogen) atoms. The number of aromatic nitrogens is 2. The Hall–Kier alpha value is -1.73. The van der Waals surface area contributed by atoms with Crippen LogP contribution in [0.1, 0.15) is 12.8 Å². The van der Waals surface area contributed by atoms with Crippen LogP contribution in [0.5, 0.6) is 11.6 Å². The van der Waals surface area contributed by atoms with Crippen molar-refractivity contribution in [2.45, 2.75) is 19.0 Å². The number of nitrogens with zero attached hydrogens (tertiary/aromatic N) is 1. The van der Waals surface area contributed by atoms with Gasteiger partial charge in [0.25, 0.3) is 11.4 Å². The standard InChI is InChI=1S/C9H11F3N2O3/c1-16-6-7(15)13-5-14-8(6)17-4-2-3-9(10,11)12/h5H,2-4H2,1H3,(H,13,14,15). The van der Waals surface area contributed by atoms with E-state index in [1.165, 1.54) is 7.11 Å². The van der Waals surface area contributed by atoms with Crippen LogP contribution in [0.4, 0.5) is 13.2 Å². The molecule has 1 heterocycles. The summed E-state index contributed by atoms with van der Waals surface area (Å²) in [6, 6.07) is 0. The Morgan fingerprint density at radius 3 is 2.76 bits per heavy atom. The van der Waals surface area contributed by atoms with Gasteiger partial charge >= 0.3 is 6.18 Å². The van der Waals surface area contributed by atoms with Crippen molar-refractivity contribution in [2.75, 3.05) is 13.7 Å². The van der Waals surface area contributed by atoms with Crippen molar-refractivity contribution in [1.29, 1.82) is 0 Å². The van der Waals surface area contributed by atoms with E-state index < -0.39 is 18.2 Å². The van der Waals surface area contributed by atoms with Gasteiger partial charge in [-0.25, -0.2) is 4.98 Å². The van der Waals surface area contributed by atoms with Crippen molar-refractivity contribution in [3.05, 3.63) is 16.7 Å². The Labute approximate surface area is 94.6 Å². The zero-order valence-corrected chi connectivity index (χ0v) is 9.00. The summed E-state index contributed by atoms with van der Waals surface area (Å²) < 4.78 is 45.2. The van der Waals surface area contributed by atoms with Crippen LogP contribution in [-0.4, -0.2) is 29.9 Å². The summed E-state index contributed by atoms with van der Waals surface area (Å²) in [7, 11) is 1.24. The summed E-state index contributed by atoms with van der Waals surface area (Å²) in [6.07, 6.45) is -4.28. The molecule has 0 unspecified atom stereocenters. The van der Waals surface area contributed by atoms with Gasteiger partial charge in [-0.15, -0.1) is 0 Å². The predicted octanol–water partition coefficient (Wildman–Crippen LogP) is 1.50. The van der Waals surface area contributed by atoms with Crippen LogP contribution in [0.3, 0.4) is 0 Å². The SMILES string of the molecule is COc1c(OCCCC(F)(F)F)nc[nH]c1=O. The molecule has 0 aliphatic rings. The highest BCUT2D eigenvalue weighted by atomic mass is 19.4. The van der Waals surface area contributed by atoms with Crippen molar-refractivity contribution in [3.8, 4) is 11.6 Å². The summed E-state index contributed by atoms with van der Waals surface area (Å²) in [6.45, 7) is -0.188. The molecule has 96 valence electrons. The van der Waals surface area contributed by atoms with Gasteiger partial charge in [-0.1, -0.05) is 0 Å². The fourth-order valence-electron chi connectivity index (χ4n) is 1.10. The van der Waals surface area contributed by atoms with Crippen LogP contribution in [0.15, 0.2) is 11.1 Å². The molecule has 1 aromatic heterocycles. The van der Waals surface area contributed by atoms with Crippen molar-refractivity contribution in [3.63, 3.8) is 0 Å². The average molecular weight is 252 g/mol. The third-order valence-corrected chi connectivity index (χ3v) is 1.83. The first kappa shape index (κ1) is 13.3. The molecule has 0 fully saturated rings. The van der Waals surface area contributed by atoms with E-state index in [0.29, 0.717) is 0 Å². The second-order valence-electron chi connectivity index (χ2n) is 3.14. The van der Waals surface area contributed by atoms with E-state index in [0.717, 1.165) is 6.33 Å². The largest absolute Gasteiger partial charge is 0.487 e. The molecule has 0 bridgehead atoms. The Morgan fingerprint density at radius 2 is 2.18 bits per heavy atom. The Bertz CT molecular complexity index is 417. The number of rotatable bonds is 5. The average Bonchev–Trinajstić information content (AvgIpc) is 2.23. The number of alkyl halides is 3. The molecule has 0 aromatic carbocycles. The van der Waals surface area contributed by atoms with Crippen LogP contribution in [-0.2, 0) is 0 Å². The third kappa shape index (κ3) is 4.33. The van der Waals surface area contributed by atoms with Crippen LogP contribution in [0.2, 0.25) is 0 Å². The van der Waals surface area contributed by atoms with Gasteiger partial charge in [0.1, 0.15) is 0 Å². The lowest BCUT2D eigenvalue weighted by molar-refractivity contribution is -0.136. The lowest BCUT2D eigenvalue weighted by atomic mass is 10.3. The summed E-state index contributed by atoms with van der Waals surface area (Å²) in [5, 5.41) is 0. The number of hydrogen-bond donors (Lipinski definition) is 1. The number of nitrogens with one attached hydrogen (secondary N) is 1. The van der Waals surface area contributed by atoms with Crippen LogP contribution in [0, 0.1) is 0 Å². The molecule has 0 aliphatic carbocycles. The number of H-pyrrole nitrogens is 1. The fourth-order valence-corrected chi connectivity index (χ4v) is 1.10. The molecule has 0 atom stereocenters. The smallest absolute Gasteiger partial charge is 0.389 e. The van der Waals surface area contributed by atoms with Gasteiger partial charge in [-0.05, 0) is 6.42 Å². The molecule has 1 N–H and O–H groups in total. The van der Waals surface area contributed by atoms with Crippen LogP contribution < -0.4 is 15.0 Å². The van der Waals surface area contributed by atoms with Gasteiger partial charge in [0.15, 0.2) is 0 Å². The minimum atomic E-state index is -4.21. The van der Waals surface area contributed by atoms with E-state index >= 15 is 0 Å². The summed E-state index contributed by atoms with van der Waals surface area (Å²) in [4.78, 5) is 17.1. The molecule has 0 aliphatic heterocycles. The Balaban J connectivity index is 2.52. The maximum atomic E-state index is 11.8. The van der Waals surface area contributed by atoms with E-state index in [1.807, 2.05) is 0 Å². The van der Waals surface area contributed by atoms with Crippen molar-refractivity contribution < 1.29 is 22.6 Å². The number of halogens is 3. The predicted molar refractivity (Wildman–Crippen MR) is 52.2 cm³/mol. The lowest BCUT2D eigenvalue weighted by Crippen LogP contribution is -2.14. The summed E-state index contributed by atoms with van der Waals surface area (Å²) in [5.74, 6) is -0.266. The second-order valence-corrected chi connectivity index (χ2v) is 3.14. The van der Waals surface area contributed by atoms with E-state index in [1.54, 1.807) is 0 Å². The molecule has 0 radical (unpaired) electrons. The van der Waals surface area contributed by atoms with Crippen molar-refractivity contribution >= 4 is 0 Å². The van der Waals surface area contributed by atoms with E-state index in [9.17, 15) is 18.0 Å². The molecule has 0 saturated heterocycles. The van der Waals surface area contributed by atoms with Gasteiger partial charge in [-0.3, -0.25) is 4.79 Å². The summed E-state index contributed by atoms with van der Waals surface area (Å²) >= 11 is 0. The minimum Gasteiger partial charge on any atom is -0.487 e. The van der Waals surface area contributed by atoms with E-state index in [-0.39, 0.29) is 24.7 Å². The Morgan fingerprint density at radius 1 is 1.47 bits per heavy atom. The van der Waals surface area contributed by atoms with Gasteiger partial charge in [0.2, 0.25) is 5.75 Å². The van der Waals surface area contributed by atoms with E-state index in [2.05, 4.69) is 9.97 Å². The molecule has 5 nitrogen and oxygen atoms in total. The second kappa shape index (κ2) is 5.55. The molecule has 0 saturated carbocycles. The van der Waals surface area contributed by atoms with Gasteiger partial charge in [0.05, 0.1) is 20.0 Å². The minimum absolute atomic E-state index is 0.113. The number of hydrogen-bond acceptors (Lipinski definition) is 4. The normalized spacial score (nSPS) is 11.3. The first-order valence-corrected chi connectivity index (χ1v) is 4.75. The van der Waals surface area contributed by atoms with Gasteiger partial charge in [0, 0.05) is 6.42 Å². The Kier molecular flexibility index (Phi) is 4.36. The highest BCUT2D eigenvalue weighted by Crippen LogP contribution is 2.22. The summed E-state index contributed by atoms with van der Waals surface area (Å²) in [5.41, 5.74) is -0.548. The van der Waals surface area contributed by atoms with Crippen molar-refractivity contribution in [1.82, 2.24) is 9.97 Å². The number of ether oxygens (including phenoxy) is 2. The maximum Gasteiger partial charge on any atom is 0.389 e. The highest BCUT2D eigenvalue weighted by molar-refractivity contribution is 5.29. The van der Waals surface area contributed by atoms with Crippen LogP contribution in [0.25, 0.3) is 0 Å². The molecular formula is C9H11F3N2O3. The highest BCUT2D eigenvalue weighted by Gasteiger charge is 2.26. The van der Waals surface area contributed by atoms with Crippen LogP contribution >= 0.6 is 0 Å². The van der Waals surface area contributed by atoms with Gasteiger partial charge < -0.3 is 14.5 Å². The van der Waals surface area contributed by atoms with E-state index in [4.69, 9.17) is 9.47 Å². The molecule has 1 rings (SSSR count). The zero-order valence-electron chi connectivity index (χ0n) is 9.00. The molecule has 8 heteroatoms. The monoisotopic (exact) mass is 252 g/mol. The quantitative estimate of drug-likeness (QED) is 0.806. The molecular weight excluding hydrogens is 241 g/mol. The topological polar surface area (TPSA) is 64.2 Å². The molecule has 1 aromatic rings. The third-order valence-electron chi connectivity index (χ3n) is 1.83. The van der Waals surface area contributed by atoms with Crippen molar-refractivity contribution in [2.24, 2.45) is 0 Å². The molecule has 0 amide bonds. The zero-order chi connectivity index (χ0) is 12.9. The first-order chi connectivity index (χ1) is 7.94. The first-order valence-electron chi connectivity index (χ1n) is 4.75. The number of aromatic amines is 1. The lowest BCUT2D eigenvalue weighted by Gasteiger charge is -2.09. The fraction of sp³-hybridized carbons (Fsp3) is 0.556. The maximum absolute atomic E-state index is 11.8. The molecule has 0 spiro atoms.